The van der Waals surface area contributed by atoms with E-state index < -0.39 is 0 Å². The van der Waals surface area contributed by atoms with Gasteiger partial charge in [-0.15, -0.1) is 0 Å². The molecule has 2 atom stereocenters. The third kappa shape index (κ3) is 2.27. The molecule has 0 radical (unpaired) electrons. The lowest BCUT2D eigenvalue weighted by molar-refractivity contribution is 0.125. The molecule has 10 heavy (non-hydrogen) atoms. The minimum atomic E-state index is 0.744. The Hall–Kier alpha value is -0.0800. The van der Waals surface area contributed by atoms with Gasteiger partial charge in [0.15, 0.2) is 0 Å². The first-order valence-electron chi connectivity index (χ1n) is 4.02. The first kappa shape index (κ1) is 8.02. The maximum Gasteiger partial charge on any atom is 0.0502 e. The largest absolute Gasteiger partial charge is 0.384 e. The van der Waals surface area contributed by atoms with E-state index in [1.807, 2.05) is 0 Å². The molecule has 2 nitrogen and oxygen atoms in total. The van der Waals surface area contributed by atoms with Crippen molar-refractivity contribution < 1.29 is 4.74 Å². The normalized spacial score (nSPS) is 34.2. The summed E-state index contributed by atoms with van der Waals surface area (Å²) in [5.74, 6) is 1.57. The molecule has 0 aromatic carbocycles. The van der Waals surface area contributed by atoms with Gasteiger partial charge in [0.1, 0.15) is 0 Å². The van der Waals surface area contributed by atoms with Crippen LogP contribution in [0.25, 0.3) is 0 Å². The summed E-state index contributed by atoms with van der Waals surface area (Å²) in [6, 6.07) is 0. The van der Waals surface area contributed by atoms with Crippen LogP contribution in [0.1, 0.15) is 13.3 Å². The van der Waals surface area contributed by atoms with E-state index in [0.717, 1.165) is 25.0 Å². The Morgan fingerprint density at radius 3 is 2.90 bits per heavy atom. The zero-order valence-corrected chi connectivity index (χ0v) is 6.89. The van der Waals surface area contributed by atoms with Crippen molar-refractivity contribution in [2.24, 2.45) is 11.8 Å². The molecule has 0 spiro atoms. The summed E-state index contributed by atoms with van der Waals surface area (Å²) in [6.45, 7) is 5.52. The molecule has 1 aliphatic heterocycles. The van der Waals surface area contributed by atoms with Crippen LogP contribution in [0.2, 0.25) is 0 Å². The molecular weight excluding hydrogens is 126 g/mol. The first-order chi connectivity index (χ1) is 4.83. The SMILES string of the molecule is COC[C@H]1CNC[C@H](C)C1. The van der Waals surface area contributed by atoms with Crippen LogP contribution < -0.4 is 5.32 Å². The fourth-order valence-corrected chi connectivity index (χ4v) is 1.63. The smallest absolute Gasteiger partial charge is 0.0502 e. The number of rotatable bonds is 2. The average Bonchev–Trinajstić information content (AvgIpc) is 1.88. The molecule has 0 amide bonds. The Labute approximate surface area is 63.0 Å². The summed E-state index contributed by atoms with van der Waals surface area (Å²) in [5.41, 5.74) is 0. The van der Waals surface area contributed by atoms with Crippen molar-refractivity contribution >= 4 is 0 Å². The summed E-state index contributed by atoms with van der Waals surface area (Å²) >= 11 is 0. The molecule has 0 aromatic heterocycles. The Morgan fingerprint density at radius 2 is 2.30 bits per heavy atom. The number of piperidine rings is 1. The zero-order valence-electron chi connectivity index (χ0n) is 6.89. The molecule has 0 bridgehead atoms. The van der Waals surface area contributed by atoms with Gasteiger partial charge in [-0.3, -0.25) is 0 Å². The first-order valence-corrected chi connectivity index (χ1v) is 4.02. The fraction of sp³-hybridized carbons (Fsp3) is 1.00. The summed E-state index contributed by atoms with van der Waals surface area (Å²) in [7, 11) is 1.78. The lowest BCUT2D eigenvalue weighted by Crippen LogP contribution is -2.36. The van der Waals surface area contributed by atoms with Crippen LogP contribution in [-0.4, -0.2) is 26.8 Å². The monoisotopic (exact) mass is 143 g/mol. The maximum absolute atomic E-state index is 5.09. The van der Waals surface area contributed by atoms with Crippen LogP contribution in [0.5, 0.6) is 0 Å². The lowest BCUT2D eigenvalue weighted by Gasteiger charge is -2.26. The van der Waals surface area contributed by atoms with Gasteiger partial charge in [-0.05, 0) is 24.8 Å². The molecule has 1 saturated heterocycles. The second kappa shape index (κ2) is 3.94. The Bertz CT molecular complexity index is 93.3. The molecule has 2 heteroatoms. The van der Waals surface area contributed by atoms with Gasteiger partial charge < -0.3 is 10.1 Å². The molecule has 1 aliphatic rings. The molecule has 60 valence electrons. The molecule has 0 saturated carbocycles. The van der Waals surface area contributed by atoms with E-state index >= 15 is 0 Å². The van der Waals surface area contributed by atoms with E-state index in [2.05, 4.69) is 12.2 Å². The summed E-state index contributed by atoms with van der Waals surface area (Å²) in [6.07, 6.45) is 1.32. The van der Waals surface area contributed by atoms with Gasteiger partial charge in [0.05, 0.1) is 6.61 Å². The maximum atomic E-state index is 5.09. The molecular formula is C8H17NO. The van der Waals surface area contributed by atoms with Gasteiger partial charge >= 0.3 is 0 Å². The summed E-state index contributed by atoms with van der Waals surface area (Å²) < 4.78 is 5.09. The van der Waals surface area contributed by atoms with Crippen LogP contribution in [0.15, 0.2) is 0 Å². The van der Waals surface area contributed by atoms with Gasteiger partial charge in [-0.1, -0.05) is 6.92 Å². The van der Waals surface area contributed by atoms with E-state index in [4.69, 9.17) is 4.74 Å². The van der Waals surface area contributed by atoms with E-state index in [9.17, 15) is 0 Å². The summed E-state index contributed by atoms with van der Waals surface area (Å²) in [4.78, 5) is 0. The van der Waals surface area contributed by atoms with E-state index in [1.54, 1.807) is 7.11 Å². The molecule has 0 aromatic rings. The third-order valence-corrected chi connectivity index (χ3v) is 2.06. The highest BCUT2D eigenvalue weighted by Gasteiger charge is 2.17. The van der Waals surface area contributed by atoms with Crippen molar-refractivity contribution in [2.45, 2.75) is 13.3 Å². The predicted octanol–water partition coefficient (Wildman–Crippen LogP) is 0.878. The van der Waals surface area contributed by atoms with Crippen LogP contribution in [0.4, 0.5) is 0 Å². The van der Waals surface area contributed by atoms with Crippen molar-refractivity contribution in [1.29, 1.82) is 0 Å². The van der Waals surface area contributed by atoms with E-state index in [0.29, 0.717) is 0 Å². The average molecular weight is 143 g/mol. The minimum Gasteiger partial charge on any atom is -0.384 e. The molecule has 1 N–H and O–H groups in total. The van der Waals surface area contributed by atoms with Gasteiger partial charge in [-0.25, -0.2) is 0 Å². The van der Waals surface area contributed by atoms with E-state index in [-0.39, 0.29) is 0 Å². The quantitative estimate of drug-likeness (QED) is 0.619. The number of hydrogen-bond acceptors (Lipinski definition) is 2. The summed E-state index contributed by atoms with van der Waals surface area (Å²) in [5, 5.41) is 3.39. The van der Waals surface area contributed by atoms with Crippen molar-refractivity contribution in [3.8, 4) is 0 Å². The molecule has 1 fully saturated rings. The number of hydrogen-bond donors (Lipinski definition) is 1. The minimum absolute atomic E-state index is 0.744. The van der Waals surface area contributed by atoms with Crippen molar-refractivity contribution in [2.75, 3.05) is 26.8 Å². The van der Waals surface area contributed by atoms with Crippen LogP contribution in [-0.2, 0) is 4.74 Å². The van der Waals surface area contributed by atoms with Crippen molar-refractivity contribution in [3.05, 3.63) is 0 Å². The molecule has 1 rings (SSSR count). The van der Waals surface area contributed by atoms with Crippen molar-refractivity contribution in [1.82, 2.24) is 5.32 Å². The zero-order chi connectivity index (χ0) is 7.40. The predicted molar refractivity (Wildman–Crippen MR) is 42.0 cm³/mol. The number of methoxy groups -OCH3 is 1. The van der Waals surface area contributed by atoms with Gasteiger partial charge in [0.25, 0.3) is 0 Å². The van der Waals surface area contributed by atoms with Crippen molar-refractivity contribution in [3.63, 3.8) is 0 Å². The number of nitrogens with one attached hydrogen (secondary N) is 1. The van der Waals surface area contributed by atoms with Crippen LogP contribution in [0, 0.1) is 11.8 Å². The van der Waals surface area contributed by atoms with Crippen LogP contribution in [0.3, 0.4) is 0 Å². The highest BCUT2D eigenvalue weighted by Crippen LogP contribution is 2.15. The highest BCUT2D eigenvalue weighted by atomic mass is 16.5. The van der Waals surface area contributed by atoms with Gasteiger partial charge in [0.2, 0.25) is 0 Å². The second-order valence-corrected chi connectivity index (χ2v) is 3.32. The highest BCUT2D eigenvalue weighted by molar-refractivity contribution is 4.72. The van der Waals surface area contributed by atoms with Gasteiger partial charge in [-0.2, -0.15) is 0 Å². The standard InChI is InChI=1S/C8H17NO/c1-7-3-8(6-10-2)5-9-4-7/h7-9H,3-6H2,1-2H3/t7-,8-/m1/s1. The Kier molecular flexibility index (Phi) is 3.16. The second-order valence-electron chi connectivity index (χ2n) is 3.32. The fourth-order valence-electron chi connectivity index (χ4n) is 1.63. The topological polar surface area (TPSA) is 21.3 Å². The van der Waals surface area contributed by atoms with E-state index in [1.165, 1.54) is 13.0 Å². The molecule has 0 unspecified atom stereocenters. The number of ether oxygens (including phenoxy) is 1. The Balaban J connectivity index is 2.18. The third-order valence-electron chi connectivity index (χ3n) is 2.06. The van der Waals surface area contributed by atoms with Gasteiger partial charge in [0, 0.05) is 13.7 Å². The lowest BCUT2D eigenvalue weighted by atomic mass is 9.93. The Morgan fingerprint density at radius 1 is 1.50 bits per heavy atom. The van der Waals surface area contributed by atoms with Crippen LogP contribution >= 0.6 is 0 Å². The molecule has 0 aliphatic carbocycles. The molecule has 1 heterocycles.